The molecular formula is C17H32O5. The van der Waals surface area contributed by atoms with Gasteiger partial charge in [-0.2, -0.15) is 0 Å². The molecule has 0 aliphatic carbocycles. The molecule has 5 heteroatoms. The lowest BCUT2D eigenvalue weighted by molar-refractivity contribution is -0.134. The summed E-state index contributed by atoms with van der Waals surface area (Å²) in [4.78, 5) is 11.0. The molecule has 0 saturated carbocycles. The maximum absolute atomic E-state index is 11.0. The standard InChI is InChI=1S/C17H32O5/c1-5-6-7-8-15(21-3)11-14(18)12-16(19)13(2)9-10-17(20)22-4/h9-10,13-16,18-19H,5-8,11-12H2,1-4H3/b10-9+/t13-,14+,15-,16-/m1/s1. The second kappa shape index (κ2) is 12.6. The Balaban J connectivity index is 4.18. The fourth-order valence-electron chi connectivity index (χ4n) is 2.27. The van der Waals surface area contributed by atoms with Crippen LogP contribution in [-0.4, -0.2) is 48.7 Å². The number of hydrogen-bond donors (Lipinski definition) is 2. The predicted octanol–water partition coefficient (Wildman–Crippen LogP) is 2.45. The number of methoxy groups -OCH3 is 2. The van der Waals surface area contributed by atoms with Gasteiger partial charge in [0.25, 0.3) is 0 Å². The van der Waals surface area contributed by atoms with E-state index in [-0.39, 0.29) is 18.4 Å². The van der Waals surface area contributed by atoms with Crippen LogP contribution in [0.5, 0.6) is 0 Å². The molecule has 0 saturated heterocycles. The Kier molecular flexibility index (Phi) is 12.1. The average molecular weight is 316 g/mol. The average Bonchev–Trinajstić information content (AvgIpc) is 2.50. The summed E-state index contributed by atoms with van der Waals surface area (Å²) in [5, 5.41) is 20.2. The molecule has 0 radical (unpaired) electrons. The number of carbonyl (C=O) groups is 1. The van der Waals surface area contributed by atoms with E-state index in [1.165, 1.54) is 13.2 Å². The SMILES string of the molecule is CCCCC[C@H](C[C@H](O)C[C@@H](O)[C@H](C)/C=C/C(=O)OC)OC. The van der Waals surface area contributed by atoms with Crippen LogP contribution < -0.4 is 0 Å². The first-order valence-electron chi connectivity index (χ1n) is 8.09. The predicted molar refractivity (Wildman–Crippen MR) is 86.5 cm³/mol. The summed E-state index contributed by atoms with van der Waals surface area (Å²) in [6, 6.07) is 0. The Morgan fingerprint density at radius 3 is 2.41 bits per heavy atom. The first-order valence-corrected chi connectivity index (χ1v) is 8.09. The lowest BCUT2D eigenvalue weighted by atomic mass is 9.95. The molecule has 22 heavy (non-hydrogen) atoms. The van der Waals surface area contributed by atoms with Crippen LogP contribution >= 0.6 is 0 Å². The van der Waals surface area contributed by atoms with Gasteiger partial charge < -0.3 is 19.7 Å². The number of hydrogen-bond acceptors (Lipinski definition) is 5. The zero-order valence-electron chi connectivity index (χ0n) is 14.3. The molecule has 0 fully saturated rings. The molecule has 4 atom stereocenters. The minimum absolute atomic E-state index is 0.0228. The highest BCUT2D eigenvalue weighted by Crippen LogP contribution is 2.17. The molecule has 0 rings (SSSR count). The summed E-state index contributed by atoms with van der Waals surface area (Å²) >= 11 is 0. The lowest BCUT2D eigenvalue weighted by Crippen LogP contribution is -2.27. The molecule has 0 aliphatic rings. The van der Waals surface area contributed by atoms with Gasteiger partial charge in [0.1, 0.15) is 0 Å². The van der Waals surface area contributed by atoms with Crippen LogP contribution in [0.2, 0.25) is 0 Å². The molecule has 0 aromatic rings. The van der Waals surface area contributed by atoms with Gasteiger partial charge in [-0.25, -0.2) is 4.79 Å². The molecule has 5 nitrogen and oxygen atoms in total. The number of ether oxygens (including phenoxy) is 2. The second-order valence-corrected chi connectivity index (χ2v) is 5.79. The normalized spacial score (nSPS) is 17.2. The van der Waals surface area contributed by atoms with Crippen molar-refractivity contribution in [3.8, 4) is 0 Å². The Hall–Kier alpha value is -0.910. The third kappa shape index (κ3) is 9.92. The summed E-state index contributed by atoms with van der Waals surface area (Å²) in [5.41, 5.74) is 0. The van der Waals surface area contributed by atoms with E-state index in [1.807, 2.05) is 0 Å². The van der Waals surface area contributed by atoms with E-state index in [2.05, 4.69) is 11.7 Å². The number of unbranched alkanes of at least 4 members (excludes halogenated alkanes) is 2. The van der Waals surface area contributed by atoms with Crippen LogP contribution in [-0.2, 0) is 14.3 Å². The van der Waals surface area contributed by atoms with Gasteiger partial charge in [0, 0.05) is 19.1 Å². The maximum Gasteiger partial charge on any atom is 0.330 e. The molecule has 0 aromatic heterocycles. The highest BCUT2D eigenvalue weighted by molar-refractivity contribution is 5.81. The summed E-state index contributed by atoms with van der Waals surface area (Å²) in [7, 11) is 2.96. The monoisotopic (exact) mass is 316 g/mol. The van der Waals surface area contributed by atoms with Crippen LogP contribution in [0.1, 0.15) is 52.4 Å². The topological polar surface area (TPSA) is 76.0 Å². The van der Waals surface area contributed by atoms with Gasteiger partial charge >= 0.3 is 5.97 Å². The molecule has 0 aromatic carbocycles. The molecule has 0 unspecified atom stereocenters. The minimum Gasteiger partial charge on any atom is -0.466 e. The number of aliphatic hydroxyl groups is 2. The minimum atomic E-state index is -0.705. The van der Waals surface area contributed by atoms with Crippen molar-refractivity contribution in [1.82, 2.24) is 0 Å². The quantitative estimate of drug-likeness (QED) is 0.328. The Morgan fingerprint density at radius 1 is 1.18 bits per heavy atom. The number of esters is 1. The van der Waals surface area contributed by atoms with Crippen molar-refractivity contribution in [2.24, 2.45) is 5.92 Å². The highest BCUT2D eigenvalue weighted by atomic mass is 16.5. The van der Waals surface area contributed by atoms with E-state index < -0.39 is 18.2 Å². The second-order valence-electron chi connectivity index (χ2n) is 5.79. The molecule has 0 spiro atoms. The number of aliphatic hydroxyl groups excluding tert-OH is 2. The molecule has 2 N–H and O–H groups in total. The van der Waals surface area contributed by atoms with Gasteiger partial charge in [0.2, 0.25) is 0 Å². The maximum atomic E-state index is 11.0. The fourth-order valence-corrected chi connectivity index (χ4v) is 2.27. The molecule has 130 valence electrons. The van der Waals surface area contributed by atoms with Gasteiger partial charge in [-0.1, -0.05) is 39.2 Å². The van der Waals surface area contributed by atoms with Crippen molar-refractivity contribution in [2.45, 2.75) is 70.7 Å². The van der Waals surface area contributed by atoms with Crippen molar-refractivity contribution in [2.75, 3.05) is 14.2 Å². The summed E-state index contributed by atoms with van der Waals surface area (Å²) < 4.78 is 9.89. The van der Waals surface area contributed by atoms with E-state index >= 15 is 0 Å². The van der Waals surface area contributed by atoms with Gasteiger partial charge in [0.05, 0.1) is 25.4 Å². The van der Waals surface area contributed by atoms with Gasteiger partial charge in [-0.3, -0.25) is 0 Å². The van der Waals surface area contributed by atoms with Crippen molar-refractivity contribution >= 4 is 5.97 Å². The van der Waals surface area contributed by atoms with Crippen LogP contribution in [0.4, 0.5) is 0 Å². The zero-order chi connectivity index (χ0) is 17.0. The van der Waals surface area contributed by atoms with E-state index in [0.29, 0.717) is 6.42 Å². The van der Waals surface area contributed by atoms with Crippen molar-refractivity contribution in [3.63, 3.8) is 0 Å². The molecular weight excluding hydrogens is 284 g/mol. The van der Waals surface area contributed by atoms with Gasteiger partial charge in [-0.15, -0.1) is 0 Å². The van der Waals surface area contributed by atoms with Crippen molar-refractivity contribution in [1.29, 1.82) is 0 Å². The van der Waals surface area contributed by atoms with Crippen molar-refractivity contribution in [3.05, 3.63) is 12.2 Å². The first kappa shape index (κ1) is 21.1. The summed E-state index contributed by atoms with van der Waals surface area (Å²) in [6.45, 7) is 3.95. The van der Waals surface area contributed by atoms with Gasteiger partial charge in [0.15, 0.2) is 0 Å². The first-order chi connectivity index (χ1) is 10.4. The summed E-state index contributed by atoms with van der Waals surface area (Å²) in [6.07, 6.45) is 6.70. The molecule has 0 bridgehead atoms. The zero-order valence-corrected chi connectivity index (χ0v) is 14.3. The number of carbonyl (C=O) groups excluding carboxylic acids is 1. The Bertz CT molecular complexity index is 316. The van der Waals surface area contributed by atoms with Gasteiger partial charge in [-0.05, 0) is 19.3 Å². The van der Waals surface area contributed by atoms with Crippen LogP contribution in [0.15, 0.2) is 12.2 Å². The van der Waals surface area contributed by atoms with Crippen molar-refractivity contribution < 1.29 is 24.5 Å². The third-order valence-corrected chi connectivity index (χ3v) is 3.86. The van der Waals surface area contributed by atoms with E-state index in [1.54, 1.807) is 20.1 Å². The highest BCUT2D eigenvalue weighted by Gasteiger charge is 2.20. The van der Waals surface area contributed by atoms with E-state index in [0.717, 1.165) is 25.7 Å². The molecule has 0 aliphatic heterocycles. The Labute approximate surface area is 134 Å². The molecule has 0 heterocycles. The lowest BCUT2D eigenvalue weighted by Gasteiger charge is -2.23. The molecule has 0 amide bonds. The Morgan fingerprint density at radius 2 is 1.86 bits per heavy atom. The largest absolute Gasteiger partial charge is 0.466 e. The smallest absolute Gasteiger partial charge is 0.330 e. The van der Waals surface area contributed by atoms with Crippen LogP contribution in [0, 0.1) is 5.92 Å². The number of rotatable bonds is 12. The summed E-state index contributed by atoms with van der Waals surface area (Å²) in [5.74, 6) is -0.676. The van der Waals surface area contributed by atoms with Crippen LogP contribution in [0.3, 0.4) is 0 Å². The van der Waals surface area contributed by atoms with Crippen LogP contribution in [0.25, 0.3) is 0 Å². The van der Waals surface area contributed by atoms with E-state index in [9.17, 15) is 15.0 Å². The third-order valence-electron chi connectivity index (χ3n) is 3.86. The fraction of sp³-hybridized carbons (Fsp3) is 0.824. The van der Waals surface area contributed by atoms with E-state index in [4.69, 9.17) is 4.74 Å².